The van der Waals surface area contributed by atoms with Crippen LogP contribution in [0.25, 0.3) is 0 Å². The molecular formula is C13H16N2S2. The Bertz CT molecular complexity index is 407. The van der Waals surface area contributed by atoms with Crippen LogP contribution in [0.1, 0.15) is 17.2 Å². The molecule has 4 heteroatoms. The zero-order valence-electron chi connectivity index (χ0n) is 9.58. The number of piperidine rings is 1. The predicted molar refractivity (Wildman–Crippen MR) is 76.2 cm³/mol. The van der Waals surface area contributed by atoms with Gasteiger partial charge in [-0.2, -0.15) is 11.3 Å². The van der Waals surface area contributed by atoms with Crippen LogP contribution < -0.4 is 10.6 Å². The van der Waals surface area contributed by atoms with Gasteiger partial charge in [0, 0.05) is 41.0 Å². The first-order valence-corrected chi connectivity index (χ1v) is 7.71. The molecule has 0 aliphatic carbocycles. The summed E-state index contributed by atoms with van der Waals surface area (Å²) in [7, 11) is 0. The average Bonchev–Trinajstić information content (AvgIpc) is 3.02. The van der Waals surface area contributed by atoms with Gasteiger partial charge in [-0.3, -0.25) is 0 Å². The van der Waals surface area contributed by atoms with Crippen molar-refractivity contribution >= 4 is 28.4 Å². The molecule has 3 heterocycles. The summed E-state index contributed by atoms with van der Waals surface area (Å²) in [4.78, 5) is 3.90. The molecule has 1 saturated heterocycles. The van der Waals surface area contributed by atoms with Crippen molar-refractivity contribution in [2.45, 2.75) is 18.4 Å². The minimum atomic E-state index is 0.288. The van der Waals surface area contributed by atoms with Gasteiger partial charge in [0.05, 0.1) is 0 Å². The van der Waals surface area contributed by atoms with Crippen molar-refractivity contribution in [1.29, 1.82) is 0 Å². The van der Waals surface area contributed by atoms with E-state index in [1.165, 1.54) is 10.6 Å². The lowest BCUT2D eigenvalue weighted by Gasteiger charge is -2.37. The number of thiophene rings is 2. The van der Waals surface area contributed by atoms with E-state index in [-0.39, 0.29) is 6.04 Å². The summed E-state index contributed by atoms with van der Waals surface area (Å²) in [5, 5.41) is 6.50. The van der Waals surface area contributed by atoms with Gasteiger partial charge in [-0.25, -0.2) is 0 Å². The number of anilines is 1. The van der Waals surface area contributed by atoms with Gasteiger partial charge >= 0.3 is 0 Å². The van der Waals surface area contributed by atoms with Gasteiger partial charge in [0.2, 0.25) is 0 Å². The number of hydrogen-bond donors (Lipinski definition) is 1. The summed E-state index contributed by atoms with van der Waals surface area (Å²) in [5.74, 6) is 0.596. The largest absolute Gasteiger partial charge is 0.369 e. The van der Waals surface area contributed by atoms with Crippen LogP contribution in [0, 0.1) is 0 Å². The Labute approximate surface area is 110 Å². The average molecular weight is 264 g/mol. The van der Waals surface area contributed by atoms with E-state index in [1.54, 1.807) is 11.3 Å². The van der Waals surface area contributed by atoms with Crippen LogP contribution in [0.2, 0.25) is 0 Å². The molecule has 17 heavy (non-hydrogen) atoms. The molecule has 0 spiro atoms. The van der Waals surface area contributed by atoms with Crippen molar-refractivity contribution in [2.24, 2.45) is 5.73 Å². The fourth-order valence-electron chi connectivity index (χ4n) is 2.52. The highest BCUT2D eigenvalue weighted by Crippen LogP contribution is 2.32. The molecule has 1 fully saturated rings. The maximum atomic E-state index is 6.19. The van der Waals surface area contributed by atoms with Crippen molar-refractivity contribution in [1.82, 2.24) is 0 Å². The SMILES string of the molecule is NC1CC(c2cccs2)CN(c2ccsc2)C1. The molecule has 0 aromatic carbocycles. The molecule has 0 amide bonds. The lowest BCUT2D eigenvalue weighted by atomic mass is 9.93. The minimum absolute atomic E-state index is 0.288. The summed E-state index contributed by atoms with van der Waals surface area (Å²) in [5.41, 5.74) is 7.52. The Morgan fingerprint density at radius 3 is 2.88 bits per heavy atom. The first kappa shape index (κ1) is 11.3. The standard InChI is InChI=1S/C13H16N2S2/c14-11-6-10(13-2-1-4-17-13)7-15(8-11)12-3-5-16-9-12/h1-5,9-11H,6-8,14H2. The van der Waals surface area contributed by atoms with Gasteiger partial charge in [0.25, 0.3) is 0 Å². The van der Waals surface area contributed by atoms with E-state index in [4.69, 9.17) is 5.73 Å². The topological polar surface area (TPSA) is 29.3 Å². The van der Waals surface area contributed by atoms with Gasteiger partial charge < -0.3 is 10.6 Å². The summed E-state index contributed by atoms with van der Waals surface area (Å²) in [6.45, 7) is 2.09. The summed E-state index contributed by atoms with van der Waals surface area (Å²) in [6.07, 6.45) is 1.11. The molecule has 90 valence electrons. The molecule has 0 saturated carbocycles. The second kappa shape index (κ2) is 4.80. The third-order valence-electron chi connectivity index (χ3n) is 3.30. The third kappa shape index (κ3) is 2.39. The van der Waals surface area contributed by atoms with Crippen LogP contribution in [-0.4, -0.2) is 19.1 Å². The molecule has 2 N–H and O–H groups in total. The highest BCUT2D eigenvalue weighted by molar-refractivity contribution is 7.10. The Morgan fingerprint density at radius 2 is 2.18 bits per heavy atom. The molecule has 1 aliphatic heterocycles. The smallest absolute Gasteiger partial charge is 0.0475 e. The van der Waals surface area contributed by atoms with Crippen molar-refractivity contribution in [2.75, 3.05) is 18.0 Å². The molecule has 1 aliphatic rings. The highest BCUT2D eigenvalue weighted by Gasteiger charge is 2.27. The molecule has 2 aromatic rings. The van der Waals surface area contributed by atoms with E-state index in [1.807, 2.05) is 11.3 Å². The second-order valence-corrected chi connectivity index (χ2v) is 6.35. The second-order valence-electron chi connectivity index (χ2n) is 4.59. The quantitative estimate of drug-likeness (QED) is 0.903. The number of hydrogen-bond acceptors (Lipinski definition) is 4. The van der Waals surface area contributed by atoms with Crippen molar-refractivity contribution in [3.63, 3.8) is 0 Å². The molecule has 0 radical (unpaired) electrons. The summed E-state index contributed by atoms with van der Waals surface area (Å²) < 4.78 is 0. The number of nitrogens with zero attached hydrogens (tertiary/aromatic N) is 1. The first-order chi connectivity index (χ1) is 8.33. The zero-order valence-corrected chi connectivity index (χ0v) is 11.2. The van der Waals surface area contributed by atoms with Crippen LogP contribution in [0.5, 0.6) is 0 Å². The van der Waals surface area contributed by atoms with E-state index < -0.39 is 0 Å². The molecule has 2 atom stereocenters. The molecule has 2 unspecified atom stereocenters. The zero-order chi connectivity index (χ0) is 11.7. The monoisotopic (exact) mass is 264 g/mol. The van der Waals surface area contributed by atoms with Crippen LogP contribution in [-0.2, 0) is 0 Å². The number of rotatable bonds is 2. The highest BCUT2D eigenvalue weighted by atomic mass is 32.1. The van der Waals surface area contributed by atoms with Gasteiger partial charge in [0.1, 0.15) is 0 Å². The predicted octanol–water partition coefficient (Wildman–Crippen LogP) is 3.13. The summed E-state index contributed by atoms with van der Waals surface area (Å²) in [6, 6.07) is 6.85. The Hall–Kier alpha value is -0.840. The fraction of sp³-hybridized carbons (Fsp3) is 0.385. The van der Waals surface area contributed by atoms with Gasteiger partial charge in [-0.1, -0.05) is 6.07 Å². The maximum Gasteiger partial charge on any atom is 0.0475 e. The first-order valence-electron chi connectivity index (χ1n) is 5.89. The van der Waals surface area contributed by atoms with Crippen LogP contribution in [0.15, 0.2) is 34.3 Å². The van der Waals surface area contributed by atoms with Crippen molar-refractivity contribution in [3.05, 3.63) is 39.2 Å². The molecule has 2 aromatic heterocycles. The minimum Gasteiger partial charge on any atom is -0.369 e. The number of nitrogens with two attached hydrogens (primary N) is 1. The van der Waals surface area contributed by atoms with Crippen molar-refractivity contribution < 1.29 is 0 Å². The van der Waals surface area contributed by atoms with E-state index in [0.717, 1.165) is 19.5 Å². The Balaban J connectivity index is 1.80. The van der Waals surface area contributed by atoms with E-state index in [9.17, 15) is 0 Å². The maximum absolute atomic E-state index is 6.19. The van der Waals surface area contributed by atoms with Crippen molar-refractivity contribution in [3.8, 4) is 0 Å². The van der Waals surface area contributed by atoms with Crippen LogP contribution in [0.3, 0.4) is 0 Å². The normalized spacial score (nSPS) is 25.1. The summed E-state index contributed by atoms with van der Waals surface area (Å²) >= 11 is 3.60. The van der Waals surface area contributed by atoms with Gasteiger partial charge in [-0.05, 0) is 29.3 Å². The Morgan fingerprint density at radius 1 is 1.24 bits per heavy atom. The Kier molecular flexibility index (Phi) is 3.18. The lowest BCUT2D eigenvalue weighted by Crippen LogP contribution is -2.46. The van der Waals surface area contributed by atoms with E-state index in [2.05, 4.69) is 39.2 Å². The molecule has 0 bridgehead atoms. The van der Waals surface area contributed by atoms with E-state index >= 15 is 0 Å². The fourth-order valence-corrected chi connectivity index (χ4v) is 4.01. The molecule has 3 rings (SSSR count). The van der Waals surface area contributed by atoms with Gasteiger partial charge in [-0.15, -0.1) is 11.3 Å². The lowest BCUT2D eigenvalue weighted by molar-refractivity contribution is 0.458. The van der Waals surface area contributed by atoms with E-state index in [0.29, 0.717) is 5.92 Å². The van der Waals surface area contributed by atoms with Crippen LogP contribution in [0.4, 0.5) is 5.69 Å². The molecule has 2 nitrogen and oxygen atoms in total. The molecular weight excluding hydrogens is 248 g/mol. The van der Waals surface area contributed by atoms with Gasteiger partial charge in [0.15, 0.2) is 0 Å². The van der Waals surface area contributed by atoms with Crippen LogP contribution >= 0.6 is 22.7 Å². The third-order valence-corrected chi connectivity index (χ3v) is 5.01.